The summed E-state index contributed by atoms with van der Waals surface area (Å²) in [6, 6.07) is 9.91. The SMILES string of the molecule is CC(Nc1nccc(N)n1)c1ccc(Br)cc1. The highest BCUT2D eigenvalue weighted by Gasteiger charge is 2.06. The number of benzene rings is 1. The zero-order valence-corrected chi connectivity index (χ0v) is 11.0. The number of hydrogen-bond acceptors (Lipinski definition) is 4. The molecule has 88 valence electrons. The third-order valence-corrected chi connectivity index (χ3v) is 2.92. The summed E-state index contributed by atoms with van der Waals surface area (Å²) >= 11 is 3.41. The fourth-order valence-corrected chi connectivity index (χ4v) is 1.73. The Morgan fingerprint density at radius 1 is 1.24 bits per heavy atom. The largest absolute Gasteiger partial charge is 0.384 e. The molecule has 2 rings (SSSR count). The van der Waals surface area contributed by atoms with E-state index in [0.717, 1.165) is 4.47 Å². The number of rotatable bonds is 3. The lowest BCUT2D eigenvalue weighted by atomic mass is 10.1. The van der Waals surface area contributed by atoms with Crippen molar-refractivity contribution in [3.63, 3.8) is 0 Å². The lowest BCUT2D eigenvalue weighted by Gasteiger charge is -2.14. The Kier molecular flexibility index (Phi) is 3.58. The monoisotopic (exact) mass is 292 g/mol. The first-order valence-corrected chi connectivity index (χ1v) is 6.05. The van der Waals surface area contributed by atoms with Gasteiger partial charge >= 0.3 is 0 Å². The molecule has 5 heteroatoms. The van der Waals surface area contributed by atoms with Gasteiger partial charge in [0.05, 0.1) is 6.04 Å². The van der Waals surface area contributed by atoms with E-state index in [2.05, 4.69) is 38.1 Å². The average molecular weight is 293 g/mol. The van der Waals surface area contributed by atoms with Crippen molar-refractivity contribution in [2.24, 2.45) is 0 Å². The minimum atomic E-state index is 0.130. The standard InChI is InChI=1S/C12H13BrN4/c1-8(9-2-4-10(13)5-3-9)16-12-15-7-6-11(14)17-12/h2-8H,1H3,(H3,14,15,16,17). The predicted molar refractivity (Wildman–Crippen MR) is 72.6 cm³/mol. The molecule has 0 saturated heterocycles. The van der Waals surface area contributed by atoms with Crippen LogP contribution in [0.1, 0.15) is 18.5 Å². The molecule has 0 aliphatic rings. The molecule has 1 unspecified atom stereocenters. The number of hydrogen-bond donors (Lipinski definition) is 2. The summed E-state index contributed by atoms with van der Waals surface area (Å²) in [7, 11) is 0. The molecular weight excluding hydrogens is 280 g/mol. The molecular formula is C12H13BrN4. The van der Waals surface area contributed by atoms with Gasteiger partial charge in [-0.2, -0.15) is 4.98 Å². The quantitative estimate of drug-likeness (QED) is 0.913. The van der Waals surface area contributed by atoms with Crippen LogP contribution in [0.4, 0.5) is 11.8 Å². The van der Waals surface area contributed by atoms with Gasteiger partial charge in [0.1, 0.15) is 5.82 Å². The van der Waals surface area contributed by atoms with Crippen molar-refractivity contribution >= 4 is 27.7 Å². The molecule has 17 heavy (non-hydrogen) atoms. The molecule has 0 fully saturated rings. The Morgan fingerprint density at radius 3 is 2.59 bits per heavy atom. The molecule has 3 N–H and O–H groups in total. The van der Waals surface area contributed by atoms with Gasteiger partial charge in [0.15, 0.2) is 0 Å². The lowest BCUT2D eigenvalue weighted by molar-refractivity contribution is 0.861. The molecule has 1 atom stereocenters. The molecule has 0 bridgehead atoms. The molecule has 1 aromatic heterocycles. The Labute approximate surface area is 108 Å². The van der Waals surface area contributed by atoms with Gasteiger partial charge in [-0.3, -0.25) is 0 Å². The fraction of sp³-hybridized carbons (Fsp3) is 0.167. The van der Waals surface area contributed by atoms with Gasteiger partial charge < -0.3 is 11.1 Å². The fourth-order valence-electron chi connectivity index (χ4n) is 1.47. The van der Waals surface area contributed by atoms with E-state index in [-0.39, 0.29) is 6.04 Å². The van der Waals surface area contributed by atoms with Gasteiger partial charge in [-0.05, 0) is 30.7 Å². The van der Waals surface area contributed by atoms with Gasteiger partial charge in [0, 0.05) is 10.7 Å². The number of anilines is 2. The molecule has 1 heterocycles. The summed E-state index contributed by atoms with van der Waals surface area (Å²) in [5.41, 5.74) is 6.76. The van der Waals surface area contributed by atoms with Crippen LogP contribution in [0, 0.1) is 0 Å². The maximum absolute atomic E-state index is 5.60. The highest BCUT2D eigenvalue weighted by Crippen LogP contribution is 2.19. The molecule has 0 aliphatic carbocycles. The van der Waals surface area contributed by atoms with E-state index in [9.17, 15) is 0 Å². The van der Waals surface area contributed by atoms with Crippen LogP contribution >= 0.6 is 15.9 Å². The van der Waals surface area contributed by atoms with E-state index >= 15 is 0 Å². The zero-order chi connectivity index (χ0) is 12.3. The first-order valence-electron chi connectivity index (χ1n) is 5.25. The summed E-state index contributed by atoms with van der Waals surface area (Å²) < 4.78 is 1.06. The van der Waals surface area contributed by atoms with Crippen molar-refractivity contribution in [1.82, 2.24) is 9.97 Å². The lowest BCUT2D eigenvalue weighted by Crippen LogP contribution is -2.09. The molecule has 2 aromatic rings. The van der Waals surface area contributed by atoms with Crippen LogP contribution in [0.15, 0.2) is 41.0 Å². The zero-order valence-electron chi connectivity index (χ0n) is 9.39. The van der Waals surface area contributed by atoms with E-state index in [0.29, 0.717) is 11.8 Å². The third kappa shape index (κ3) is 3.17. The van der Waals surface area contributed by atoms with Crippen molar-refractivity contribution in [2.75, 3.05) is 11.1 Å². The predicted octanol–water partition coefficient (Wildman–Crippen LogP) is 2.99. The number of nitrogens with zero attached hydrogens (tertiary/aromatic N) is 2. The Hall–Kier alpha value is -1.62. The molecule has 0 spiro atoms. The maximum Gasteiger partial charge on any atom is 0.225 e. The van der Waals surface area contributed by atoms with Crippen LogP contribution < -0.4 is 11.1 Å². The average Bonchev–Trinajstić information content (AvgIpc) is 2.29. The first kappa shape index (κ1) is 11.9. The summed E-state index contributed by atoms with van der Waals surface area (Å²) in [6.45, 7) is 2.05. The van der Waals surface area contributed by atoms with Crippen molar-refractivity contribution in [3.8, 4) is 0 Å². The van der Waals surface area contributed by atoms with Crippen LogP contribution in [0.25, 0.3) is 0 Å². The second-order valence-corrected chi connectivity index (χ2v) is 4.64. The molecule has 4 nitrogen and oxygen atoms in total. The third-order valence-electron chi connectivity index (χ3n) is 2.39. The van der Waals surface area contributed by atoms with Gasteiger partial charge in [0.25, 0.3) is 0 Å². The van der Waals surface area contributed by atoms with Crippen LogP contribution in [0.3, 0.4) is 0 Å². The van der Waals surface area contributed by atoms with Gasteiger partial charge in [-0.15, -0.1) is 0 Å². The molecule has 0 saturated carbocycles. The summed E-state index contributed by atoms with van der Waals surface area (Å²) in [6.07, 6.45) is 1.64. The van der Waals surface area contributed by atoms with E-state index in [1.807, 2.05) is 24.3 Å². The molecule has 1 aromatic carbocycles. The smallest absolute Gasteiger partial charge is 0.225 e. The Morgan fingerprint density at radius 2 is 1.94 bits per heavy atom. The van der Waals surface area contributed by atoms with E-state index in [4.69, 9.17) is 5.73 Å². The van der Waals surface area contributed by atoms with Crippen LogP contribution in [-0.4, -0.2) is 9.97 Å². The van der Waals surface area contributed by atoms with Crippen LogP contribution in [0.2, 0.25) is 0 Å². The summed E-state index contributed by atoms with van der Waals surface area (Å²) in [5.74, 6) is 1.01. The Bertz CT molecular complexity index is 498. The molecule has 0 radical (unpaired) electrons. The highest BCUT2D eigenvalue weighted by atomic mass is 79.9. The van der Waals surface area contributed by atoms with E-state index in [1.54, 1.807) is 12.3 Å². The van der Waals surface area contributed by atoms with Gasteiger partial charge in [-0.25, -0.2) is 4.98 Å². The minimum absolute atomic E-state index is 0.130. The first-order chi connectivity index (χ1) is 8.15. The highest BCUT2D eigenvalue weighted by molar-refractivity contribution is 9.10. The topological polar surface area (TPSA) is 63.8 Å². The van der Waals surface area contributed by atoms with Crippen LogP contribution in [-0.2, 0) is 0 Å². The van der Waals surface area contributed by atoms with Crippen molar-refractivity contribution in [3.05, 3.63) is 46.6 Å². The number of halogens is 1. The van der Waals surface area contributed by atoms with E-state index < -0.39 is 0 Å². The van der Waals surface area contributed by atoms with E-state index in [1.165, 1.54) is 5.56 Å². The molecule has 0 amide bonds. The van der Waals surface area contributed by atoms with Gasteiger partial charge in [0.2, 0.25) is 5.95 Å². The summed E-state index contributed by atoms with van der Waals surface area (Å²) in [4.78, 5) is 8.21. The summed E-state index contributed by atoms with van der Waals surface area (Å²) in [5, 5.41) is 3.20. The number of nitrogens with two attached hydrogens (primary N) is 1. The van der Waals surface area contributed by atoms with Crippen molar-refractivity contribution in [2.45, 2.75) is 13.0 Å². The van der Waals surface area contributed by atoms with Crippen LogP contribution in [0.5, 0.6) is 0 Å². The molecule has 0 aliphatic heterocycles. The number of aromatic nitrogens is 2. The second kappa shape index (κ2) is 5.14. The maximum atomic E-state index is 5.60. The number of nitrogens with one attached hydrogen (secondary N) is 1. The Balaban J connectivity index is 2.11. The van der Waals surface area contributed by atoms with Gasteiger partial charge in [-0.1, -0.05) is 28.1 Å². The van der Waals surface area contributed by atoms with Crippen molar-refractivity contribution < 1.29 is 0 Å². The normalized spacial score (nSPS) is 12.1. The number of nitrogen functional groups attached to an aromatic ring is 1. The van der Waals surface area contributed by atoms with Crippen molar-refractivity contribution in [1.29, 1.82) is 0 Å². The second-order valence-electron chi connectivity index (χ2n) is 3.72. The minimum Gasteiger partial charge on any atom is -0.384 e.